The minimum absolute atomic E-state index is 0.147. The van der Waals surface area contributed by atoms with Crippen LogP contribution in [0.15, 0.2) is 24.5 Å². The van der Waals surface area contributed by atoms with Crippen LogP contribution in [-0.4, -0.2) is 28.0 Å². The van der Waals surface area contributed by atoms with Crippen molar-refractivity contribution < 1.29 is 9.53 Å². The fourth-order valence-electron chi connectivity index (χ4n) is 1.49. The average molecular weight is 279 g/mol. The molecule has 7 heteroatoms. The molecule has 98 valence electrons. The maximum absolute atomic E-state index is 12.1. The zero-order valence-electron chi connectivity index (χ0n) is 10.3. The summed E-state index contributed by atoms with van der Waals surface area (Å²) in [7, 11) is 1.47. The van der Waals surface area contributed by atoms with Gasteiger partial charge < -0.3 is 4.74 Å². The highest BCUT2D eigenvalue weighted by Crippen LogP contribution is 2.17. The highest BCUT2D eigenvalue weighted by molar-refractivity contribution is 6.29. The Morgan fingerprint density at radius 2 is 2.21 bits per heavy atom. The average Bonchev–Trinajstić information content (AvgIpc) is 2.37. The first kappa shape index (κ1) is 13.2. The minimum Gasteiger partial charge on any atom is -0.494 e. The van der Waals surface area contributed by atoms with E-state index in [9.17, 15) is 4.79 Å². The van der Waals surface area contributed by atoms with Crippen molar-refractivity contribution in [3.8, 4) is 5.75 Å². The predicted octanol–water partition coefficient (Wildman–Crippen LogP) is 2.09. The van der Waals surface area contributed by atoms with Crippen molar-refractivity contribution in [1.82, 2.24) is 15.0 Å². The van der Waals surface area contributed by atoms with E-state index in [0.29, 0.717) is 17.0 Å². The van der Waals surface area contributed by atoms with Gasteiger partial charge in [-0.2, -0.15) is 0 Å². The standard InChI is InChI=1S/C12H11ClN4O2/c1-7-5-10(13)16-12(15-7)17-11(18)8-3-4-14-6-9(8)19-2/h3-6H,1-2H3,(H,15,16,17,18). The number of carbonyl (C=O) groups is 1. The van der Waals surface area contributed by atoms with Crippen molar-refractivity contribution in [2.45, 2.75) is 6.92 Å². The van der Waals surface area contributed by atoms with Gasteiger partial charge in [0.05, 0.1) is 18.9 Å². The van der Waals surface area contributed by atoms with Crippen molar-refractivity contribution in [3.63, 3.8) is 0 Å². The Morgan fingerprint density at radius 1 is 1.42 bits per heavy atom. The quantitative estimate of drug-likeness (QED) is 0.870. The first-order chi connectivity index (χ1) is 9.10. The number of hydrogen-bond acceptors (Lipinski definition) is 5. The van der Waals surface area contributed by atoms with Crippen LogP contribution in [0.1, 0.15) is 16.1 Å². The Hall–Kier alpha value is -2.21. The lowest BCUT2D eigenvalue weighted by Gasteiger charge is -2.08. The summed E-state index contributed by atoms with van der Waals surface area (Å²) in [6, 6.07) is 3.15. The van der Waals surface area contributed by atoms with Crippen molar-refractivity contribution in [2.75, 3.05) is 12.4 Å². The van der Waals surface area contributed by atoms with E-state index in [1.54, 1.807) is 19.1 Å². The van der Waals surface area contributed by atoms with Gasteiger partial charge in [-0.1, -0.05) is 11.6 Å². The molecule has 0 radical (unpaired) electrons. The Balaban J connectivity index is 2.25. The van der Waals surface area contributed by atoms with Gasteiger partial charge in [0.25, 0.3) is 5.91 Å². The van der Waals surface area contributed by atoms with Gasteiger partial charge in [-0.15, -0.1) is 0 Å². The van der Waals surface area contributed by atoms with Gasteiger partial charge in [0.2, 0.25) is 5.95 Å². The molecule has 0 aliphatic heterocycles. The van der Waals surface area contributed by atoms with Gasteiger partial charge in [0.1, 0.15) is 10.9 Å². The van der Waals surface area contributed by atoms with E-state index in [2.05, 4.69) is 20.3 Å². The van der Waals surface area contributed by atoms with E-state index in [0.717, 1.165) is 0 Å². The second-order valence-corrected chi connectivity index (χ2v) is 4.07. The number of methoxy groups -OCH3 is 1. The molecule has 1 N–H and O–H groups in total. The van der Waals surface area contributed by atoms with Gasteiger partial charge in [-0.05, 0) is 19.1 Å². The summed E-state index contributed by atoms with van der Waals surface area (Å²) in [6.07, 6.45) is 2.96. The maximum atomic E-state index is 12.1. The van der Waals surface area contributed by atoms with Crippen molar-refractivity contribution >= 4 is 23.5 Å². The Labute approximate surface area is 114 Å². The smallest absolute Gasteiger partial charge is 0.261 e. The Kier molecular flexibility index (Phi) is 3.91. The van der Waals surface area contributed by atoms with Crippen LogP contribution in [0.4, 0.5) is 5.95 Å². The highest BCUT2D eigenvalue weighted by atomic mass is 35.5. The summed E-state index contributed by atoms with van der Waals surface area (Å²) >= 11 is 5.80. The summed E-state index contributed by atoms with van der Waals surface area (Å²) in [5.41, 5.74) is 1.01. The van der Waals surface area contributed by atoms with Gasteiger partial charge in [0.15, 0.2) is 0 Å². The summed E-state index contributed by atoms with van der Waals surface area (Å²) in [5.74, 6) is 0.133. The molecule has 6 nitrogen and oxygen atoms in total. The number of nitrogens with one attached hydrogen (secondary N) is 1. The number of carbonyl (C=O) groups excluding carboxylic acids is 1. The summed E-state index contributed by atoms with van der Waals surface area (Å²) in [5, 5.41) is 2.83. The molecule has 0 saturated carbocycles. The fraction of sp³-hybridized carbons (Fsp3) is 0.167. The van der Waals surface area contributed by atoms with Crippen LogP contribution in [0.2, 0.25) is 5.15 Å². The number of hydrogen-bond donors (Lipinski definition) is 1. The number of aryl methyl sites for hydroxylation is 1. The zero-order valence-corrected chi connectivity index (χ0v) is 11.1. The molecule has 0 saturated heterocycles. The number of amides is 1. The molecule has 0 spiro atoms. The maximum Gasteiger partial charge on any atom is 0.261 e. The number of ether oxygens (including phenoxy) is 1. The van der Waals surface area contributed by atoms with E-state index in [4.69, 9.17) is 16.3 Å². The van der Waals surface area contributed by atoms with E-state index in [1.807, 2.05) is 0 Å². The molecule has 0 unspecified atom stereocenters. The van der Waals surface area contributed by atoms with Crippen molar-refractivity contribution in [3.05, 3.63) is 40.9 Å². The molecule has 0 atom stereocenters. The van der Waals surface area contributed by atoms with Gasteiger partial charge in [-0.25, -0.2) is 9.97 Å². The predicted molar refractivity (Wildman–Crippen MR) is 70.5 cm³/mol. The zero-order chi connectivity index (χ0) is 13.8. The van der Waals surface area contributed by atoms with Crippen LogP contribution in [0.25, 0.3) is 0 Å². The third-order valence-electron chi connectivity index (χ3n) is 2.30. The summed E-state index contributed by atoms with van der Waals surface area (Å²) in [4.78, 5) is 23.9. The van der Waals surface area contributed by atoms with Crippen LogP contribution in [0.3, 0.4) is 0 Å². The van der Waals surface area contributed by atoms with Crippen LogP contribution in [0, 0.1) is 6.92 Å². The number of rotatable bonds is 3. The second kappa shape index (κ2) is 5.62. The third-order valence-corrected chi connectivity index (χ3v) is 2.49. The molecule has 1 amide bonds. The number of nitrogens with zero attached hydrogens (tertiary/aromatic N) is 3. The molecule has 0 bridgehead atoms. The van der Waals surface area contributed by atoms with E-state index in [-0.39, 0.29) is 17.0 Å². The fourth-order valence-corrected chi connectivity index (χ4v) is 1.72. The molecular weight excluding hydrogens is 268 g/mol. The Morgan fingerprint density at radius 3 is 2.89 bits per heavy atom. The van der Waals surface area contributed by atoms with E-state index in [1.165, 1.54) is 19.5 Å². The molecule has 0 aromatic carbocycles. The van der Waals surface area contributed by atoms with Crippen LogP contribution in [-0.2, 0) is 0 Å². The molecular formula is C12H11ClN4O2. The lowest BCUT2D eigenvalue weighted by molar-refractivity contribution is 0.102. The highest BCUT2D eigenvalue weighted by Gasteiger charge is 2.13. The van der Waals surface area contributed by atoms with Gasteiger partial charge in [0, 0.05) is 11.9 Å². The lowest BCUT2D eigenvalue weighted by atomic mass is 10.2. The molecule has 19 heavy (non-hydrogen) atoms. The minimum atomic E-state index is -0.388. The van der Waals surface area contributed by atoms with E-state index < -0.39 is 0 Å². The molecule has 0 aliphatic rings. The van der Waals surface area contributed by atoms with Crippen LogP contribution < -0.4 is 10.1 Å². The monoisotopic (exact) mass is 278 g/mol. The first-order valence-corrected chi connectivity index (χ1v) is 5.78. The molecule has 0 aliphatic carbocycles. The molecule has 2 heterocycles. The van der Waals surface area contributed by atoms with E-state index >= 15 is 0 Å². The molecule has 2 aromatic rings. The number of anilines is 1. The third kappa shape index (κ3) is 3.17. The Bertz CT molecular complexity index is 598. The summed E-state index contributed by atoms with van der Waals surface area (Å²) < 4.78 is 5.06. The number of aromatic nitrogens is 3. The molecule has 2 rings (SSSR count). The van der Waals surface area contributed by atoms with Crippen molar-refractivity contribution in [2.24, 2.45) is 0 Å². The van der Waals surface area contributed by atoms with Gasteiger partial charge in [-0.3, -0.25) is 15.1 Å². The second-order valence-electron chi connectivity index (χ2n) is 3.69. The number of halogens is 1. The molecule has 2 aromatic heterocycles. The molecule has 0 fully saturated rings. The number of pyridine rings is 1. The first-order valence-electron chi connectivity index (χ1n) is 5.40. The lowest BCUT2D eigenvalue weighted by Crippen LogP contribution is -2.15. The SMILES string of the molecule is COc1cnccc1C(=O)Nc1nc(C)cc(Cl)n1. The largest absolute Gasteiger partial charge is 0.494 e. The van der Waals surface area contributed by atoms with Crippen LogP contribution >= 0.6 is 11.6 Å². The van der Waals surface area contributed by atoms with Crippen LogP contribution in [0.5, 0.6) is 5.75 Å². The van der Waals surface area contributed by atoms with Gasteiger partial charge >= 0.3 is 0 Å². The van der Waals surface area contributed by atoms with Crippen molar-refractivity contribution in [1.29, 1.82) is 0 Å². The topological polar surface area (TPSA) is 77.0 Å². The summed E-state index contributed by atoms with van der Waals surface area (Å²) in [6.45, 7) is 1.76. The normalized spacial score (nSPS) is 10.1.